The smallest absolute Gasteiger partial charge is 0.248 e. The van der Waals surface area contributed by atoms with Crippen LogP contribution in [0.25, 0.3) is 0 Å². The Labute approximate surface area is 111 Å². The van der Waals surface area contributed by atoms with Crippen LogP contribution in [-0.2, 0) is 5.54 Å². The number of nitrogens with two attached hydrogens (primary N) is 1. The Kier molecular flexibility index (Phi) is 4.39. The predicted octanol–water partition coefficient (Wildman–Crippen LogP) is 4.13. The number of benzene rings is 1. The van der Waals surface area contributed by atoms with Crippen molar-refractivity contribution < 1.29 is 8.78 Å². The zero-order valence-electron chi connectivity index (χ0n) is 9.26. The SMILES string of the molecule is Cl.NC1(c2ccc(Cl)cc2)CCC(F)(F)CC1. The highest BCUT2D eigenvalue weighted by Crippen LogP contribution is 2.42. The fourth-order valence-corrected chi connectivity index (χ4v) is 2.26. The summed E-state index contributed by atoms with van der Waals surface area (Å²) in [5, 5.41) is 0.633. The summed E-state index contributed by atoms with van der Waals surface area (Å²) >= 11 is 5.78. The van der Waals surface area contributed by atoms with Crippen molar-refractivity contribution >= 4 is 24.0 Å². The lowest BCUT2D eigenvalue weighted by Gasteiger charge is -2.37. The molecule has 0 aromatic heterocycles. The van der Waals surface area contributed by atoms with Gasteiger partial charge in [-0.15, -0.1) is 12.4 Å². The van der Waals surface area contributed by atoms with E-state index in [1.807, 2.05) is 12.1 Å². The van der Waals surface area contributed by atoms with E-state index >= 15 is 0 Å². The molecule has 0 unspecified atom stereocenters. The van der Waals surface area contributed by atoms with E-state index < -0.39 is 11.5 Å². The molecule has 2 N–H and O–H groups in total. The molecule has 2 rings (SSSR count). The summed E-state index contributed by atoms with van der Waals surface area (Å²) in [5.74, 6) is -2.55. The fourth-order valence-electron chi connectivity index (χ4n) is 2.13. The van der Waals surface area contributed by atoms with Gasteiger partial charge in [0.25, 0.3) is 0 Å². The van der Waals surface area contributed by atoms with Crippen molar-refractivity contribution in [2.45, 2.75) is 37.1 Å². The third-order valence-electron chi connectivity index (χ3n) is 3.29. The van der Waals surface area contributed by atoms with Crippen molar-refractivity contribution in [3.05, 3.63) is 34.9 Å². The van der Waals surface area contributed by atoms with Crippen LogP contribution in [0.5, 0.6) is 0 Å². The second-order valence-corrected chi connectivity index (χ2v) is 4.96. The lowest BCUT2D eigenvalue weighted by Crippen LogP contribution is -2.43. The molecule has 0 spiro atoms. The number of hydrogen-bond acceptors (Lipinski definition) is 1. The van der Waals surface area contributed by atoms with Crippen molar-refractivity contribution in [2.75, 3.05) is 0 Å². The monoisotopic (exact) mass is 281 g/mol. The van der Waals surface area contributed by atoms with Gasteiger partial charge in [0.05, 0.1) is 0 Å². The Morgan fingerprint density at radius 2 is 1.47 bits per heavy atom. The maximum absolute atomic E-state index is 13.1. The van der Waals surface area contributed by atoms with E-state index in [0.29, 0.717) is 17.9 Å². The van der Waals surface area contributed by atoms with Gasteiger partial charge in [0.2, 0.25) is 5.92 Å². The molecule has 17 heavy (non-hydrogen) atoms. The van der Waals surface area contributed by atoms with Crippen molar-refractivity contribution in [2.24, 2.45) is 5.73 Å². The van der Waals surface area contributed by atoms with E-state index in [4.69, 9.17) is 17.3 Å². The summed E-state index contributed by atoms with van der Waals surface area (Å²) in [6.07, 6.45) is 0.377. The van der Waals surface area contributed by atoms with Gasteiger partial charge in [-0.1, -0.05) is 23.7 Å². The summed E-state index contributed by atoms with van der Waals surface area (Å²) in [6, 6.07) is 7.15. The van der Waals surface area contributed by atoms with Crippen molar-refractivity contribution in [1.82, 2.24) is 0 Å². The van der Waals surface area contributed by atoms with Gasteiger partial charge in [0, 0.05) is 23.4 Å². The van der Waals surface area contributed by atoms with Gasteiger partial charge in [0.15, 0.2) is 0 Å². The zero-order valence-corrected chi connectivity index (χ0v) is 10.8. The summed E-state index contributed by atoms with van der Waals surface area (Å²) in [6.45, 7) is 0. The molecular weight excluding hydrogens is 267 g/mol. The van der Waals surface area contributed by atoms with Crippen LogP contribution in [0.3, 0.4) is 0 Å². The van der Waals surface area contributed by atoms with Gasteiger partial charge in [-0.3, -0.25) is 0 Å². The minimum atomic E-state index is -2.55. The van der Waals surface area contributed by atoms with E-state index in [-0.39, 0.29) is 25.2 Å². The molecule has 1 fully saturated rings. The minimum Gasteiger partial charge on any atom is -0.321 e. The highest BCUT2D eigenvalue weighted by molar-refractivity contribution is 6.30. The molecule has 1 saturated carbocycles. The van der Waals surface area contributed by atoms with Crippen LogP contribution in [0.2, 0.25) is 5.02 Å². The first-order valence-corrected chi connectivity index (χ1v) is 5.72. The maximum atomic E-state index is 13.1. The Hall–Kier alpha value is -0.380. The maximum Gasteiger partial charge on any atom is 0.248 e. The molecule has 96 valence electrons. The molecule has 0 atom stereocenters. The van der Waals surface area contributed by atoms with E-state index in [1.165, 1.54) is 0 Å². The van der Waals surface area contributed by atoms with Crippen molar-refractivity contribution in [3.63, 3.8) is 0 Å². The molecule has 0 heterocycles. The van der Waals surface area contributed by atoms with Crippen LogP contribution < -0.4 is 5.73 Å². The van der Waals surface area contributed by atoms with Gasteiger partial charge >= 0.3 is 0 Å². The van der Waals surface area contributed by atoms with Crippen LogP contribution >= 0.6 is 24.0 Å². The van der Waals surface area contributed by atoms with Crippen LogP contribution in [-0.4, -0.2) is 5.92 Å². The normalized spacial score (nSPS) is 21.6. The first-order chi connectivity index (χ1) is 7.41. The molecule has 1 aromatic rings. The van der Waals surface area contributed by atoms with Crippen LogP contribution in [0.4, 0.5) is 8.78 Å². The molecule has 1 nitrogen and oxygen atoms in total. The molecule has 0 aliphatic heterocycles. The van der Waals surface area contributed by atoms with Crippen LogP contribution in [0, 0.1) is 0 Å². The number of hydrogen-bond donors (Lipinski definition) is 1. The molecule has 5 heteroatoms. The summed E-state index contributed by atoms with van der Waals surface area (Å²) in [5.41, 5.74) is 6.45. The number of rotatable bonds is 1. The number of alkyl halides is 2. The Balaban J connectivity index is 0.00000144. The van der Waals surface area contributed by atoms with Gasteiger partial charge in [-0.2, -0.15) is 0 Å². The van der Waals surface area contributed by atoms with E-state index in [0.717, 1.165) is 5.56 Å². The zero-order chi connectivity index (χ0) is 11.8. The Morgan fingerprint density at radius 1 is 1.00 bits per heavy atom. The molecule has 1 aromatic carbocycles. The van der Waals surface area contributed by atoms with Crippen molar-refractivity contribution in [3.8, 4) is 0 Å². The average molecular weight is 282 g/mol. The molecule has 0 radical (unpaired) electrons. The lowest BCUT2D eigenvalue weighted by molar-refractivity contribution is -0.0514. The predicted molar refractivity (Wildman–Crippen MR) is 68.0 cm³/mol. The van der Waals surface area contributed by atoms with E-state index in [9.17, 15) is 8.78 Å². The molecule has 0 bridgehead atoms. The first-order valence-electron chi connectivity index (χ1n) is 5.34. The second-order valence-electron chi connectivity index (χ2n) is 4.52. The highest BCUT2D eigenvalue weighted by Gasteiger charge is 2.41. The fraction of sp³-hybridized carbons (Fsp3) is 0.500. The average Bonchev–Trinajstić information content (AvgIpc) is 2.24. The largest absolute Gasteiger partial charge is 0.321 e. The topological polar surface area (TPSA) is 26.0 Å². The first kappa shape index (κ1) is 14.7. The second kappa shape index (κ2) is 5.09. The third-order valence-corrected chi connectivity index (χ3v) is 3.54. The molecular formula is C12H15Cl2F2N. The molecule has 0 saturated heterocycles. The summed E-state index contributed by atoms with van der Waals surface area (Å²) in [4.78, 5) is 0. The molecule has 1 aliphatic rings. The summed E-state index contributed by atoms with van der Waals surface area (Å²) in [7, 11) is 0. The highest BCUT2D eigenvalue weighted by atomic mass is 35.5. The quantitative estimate of drug-likeness (QED) is 0.823. The van der Waals surface area contributed by atoms with Crippen LogP contribution in [0.15, 0.2) is 24.3 Å². The van der Waals surface area contributed by atoms with Gasteiger partial charge < -0.3 is 5.73 Å². The van der Waals surface area contributed by atoms with Gasteiger partial charge in [0.1, 0.15) is 0 Å². The molecule has 1 aliphatic carbocycles. The Bertz CT molecular complexity index is 369. The van der Waals surface area contributed by atoms with Crippen molar-refractivity contribution in [1.29, 1.82) is 0 Å². The standard InChI is InChI=1S/C12H14ClF2N.ClH/c13-10-3-1-9(2-4-10)11(16)5-7-12(14,15)8-6-11;/h1-4H,5-8,16H2;1H. The van der Waals surface area contributed by atoms with Gasteiger partial charge in [-0.05, 0) is 30.5 Å². The summed E-state index contributed by atoms with van der Waals surface area (Å²) < 4.78 is 26.1. The third kappa shape index (κ3) is 3.30. The minimum absolute atomic E-state index is 0. The van der Waals surface area contributed by atoms with E-state index in [2.05, 4.69) is 0 Å². The van der Waals surface area contributed by atoms with E-state index in [1.54, 1.807) is 12.1 Å². The lowest BCUT2D eigenvalue weighted by atomic mass is 9.76. The Morgan fingerprint density at radius 3 is 1.94 bits per heavy atom. The number of halogens is 4. The molecule has 0 amide bonds. The van der Waals surface area contributed by atoms with Crippen LogP contribution in [0.1, 0.15) is 31.2 Å². The van der Waals surface area contributed by atoms with Gasteiger partial charge in [-0.25, -0.2) is 8.78 Å².